The molecule has 0 aliphatic carbocycles. The van der Waals surface area contributed by atoms with Crippen molar-refractivity contribution in [2.75, 3.05) is 42.7 Å². The second-order valence-electron chi connectivity index (χ2n) is 5.29. The average molecular weight is 293 g/mol. The van der Waals surface area contributed by atoms with Gasteiger partial charge in [0.25, 0.3) is 0 Å². The molecule has 21 heavy (non-hydrogen) atoms. The Balaban J connectivity index is 2.02. The van der Waals surface area contributed by atoms with Gasteiger partial charge in [-0.05, 0) is 12.8 Å². The number of anilines is 3. The first kappa shape index (κ1) is 15.3. The van der Waals surface area contributed by atoms with Crippen molar-refractivity contribution >= 4 is 23.8 Å². The van der Waals surface area contributed by atoms with Crippen LogP contribution in [-0.2, 0) is 4.79 Å². The number of hydrogen-bond acceptors (Lipinski definition) is 7. The predicted molar refractivity (Wildman–Crippen MR) is 82.6 cm³/mol. The van der Waals surface area contributed by atoms with E-state index in [1.165, 1.54) is 0 Å². The molecule has 8 nitrogen and oxygen atoms in total. The largest absolute Gasteiger partial charge is 0.354 e. The van der Waals surface area contributed by atoms with Gasteiger partial charge in [0.1, 0.15) is 0 Å². The molecule has 1 aliphatic rings. The van der Waals surface area contributed by atoms with Gasteiger partial charge in [-0.3, -0.25) is 4.79 Å². The lowest BCUT2D eigenvalue weighted by Gasteiger charge is -2.15. The summed E-state index contributed by atoms with van der Waals surface area (Å²) in [4.78, 5) is 26.1. The zero-order chi connectivity index (χ0) is 15.2. The standard InChI is InChI=1S/C13H23N7O/c1-4-7-14-11-17-12(19-13(18-11)20(2)3)15-8-9-5-6-10(21)16-9/h9H,4-8H2,1-3H3,(H,16,21)(H2,14,15,17,18,19). The van der Waals surface area contributed by atoms with Gasteiger partial charge >= 0.3 is 0 Å². The topological polar surface area (TPSA) is 95.1 Å². The Kier molecular flexibility index (Phi) is 5.13. The van der Waals surface area contributed by atoms with E-state index in [1.54, 1.807) is 0 Å². The molecular weight excluding hydrogens is 270 g/mol. The van der Waals surface area contributed by atoms with Crippen LogP contribution in [0.1, 0.15) is 26.2 Å². The highest BCUT2D eigenvalue weighted by Gasteiger charge is 2.20. The molecule has 116 valence electrons. The third kappa shape index (κ3) is 4.44. The van der Waals surface area contributed by atoms with Crippen LogP contribution >= 0.6 is 0 Å². The smallest absolute Gasteiger partial charge is 0.231 e. The van der Waals surface area contributed by atoms with Crippen molar-refractivity contribution in [3.63, 3.8) is 0 Å². The van der Waals surface area contributed by atoms with Gasteiger partial charge in [0.05, 0.1) is 0 Å². The summed E-state index contributed by atoms with van der Waals surface area (Å²) < 4.78 is 0. The van der Waals surface area contributed by atoms with Crippen LogP contribution in [0.4, 0.5) is 17.8 Å². The summed E-state index contributed by atoms with van der Waals surface area (Å²) in [5.41, 5.74) is 0. The molecule has 1 fully saturated rings. The predicted octanol–water partition coefficient (Wildman–Crippen LogP) is 0.450. The van der Waals surface area contributed by atoms with Crippen LogP contribution in [0.5, 0.6) is 0 Å². The number of nitrogens with zero attached hydrogens (tertiary/aromatic N) is 4. The Morgan fingerprint density at radius 1 is 1.24 bits per heavy atom. The molecule has 0 aromatic carbocycles. The molecule has 0 saturated carbocycles. The minimum Gasteiger partial charge on any atom is -0.354 e. The molecular formula is C13H23N7O. The number of amides is 1. The van der Waals surface area contributed by atoms with Crippen LogP contribution in [0.15, 0.2) is 0 Å². The van der Waals surface area contributed by atoms with Crippen molar-refractivity contribution < 1.29 is 4.79 Å². The normalized spacial score (nSPS) is 17.5. The van der Waals surface area contributed by atoms with Crippen LogP contribution in [0, 0.1) is 0 Å². The van der Waals surface area contributed by atoms with E-state index in [9.17, 15) is 4.79 Å². The summed E-state index contributed by atoms with van der Waals surface area (Å²) in [6, 6.07) is 0.143. The second kappa shape index (κ2) is 7.05. The maximum absolute atomic E-state index is 11.2. The quantitative estimate of drug-likeness (QED) is 0.672. The maximum Gasteiger partial charge on any atom is 0.231 e. The lowest BCUT2D eigenvalue weighted by molar-refractivity contribution is -0.119. The molecule has 0 radical (unpaired) electrons. The first-order valence-electron chi connectivity index (χ1n) is 7.29. The average Bonchev–Trinajstić information content (AvgIpc) is 2.88. The van der Waals surface area contributed by atoms with Gasteiger partial charge in [-0.1, -0.05) is 6.92 Å². The highest BCUT2D eigenvalue weighted by Crippen LogP contribution is 2.13. The molecule has 1 amide bonds. The molecule has 8 heteroatoms. The Labute approximate surface area is 124 Å². The Morgan fingerprint density at radius 3 is 2.52 bits per heavy atom. The lowest BCUT2D eigenvalue weighted by Crippen LogP contribution is -2.32. The number of hydrogen-bond donors (Lipinski definition) is 3. The van der Waals surface area contributed by atoms with E-state index in [1.807, 2.05) is 19.0 Å². The molecule has 1 aromatic rings. The first-order chi connectivity index (χ1) is 10.1. The van der Waals surface area contributed by atoms with E-state index in [-0.39, 0.29) is 11.9 Å². The molecule has 1 atom stereocenters. The highest BCUT2D eigenvalue weighted by molar-refractivity contribution is 5.78. The maximum atomic E-state index is 11.2. The van der Waals surface area contributed by atoms with Crippen LogP contribution in [-0.4, -0.2) is 54.1 Å². The van der Waals surface area contributed by atoms with Crippen LogP contribution < -0.4 is 20.9 Å². The minimum atomic E-state index is 0.108. The first-order valence-corrected chi connectivity index (χ1v) is 7.29. The van der Waals surface area contributed by atoms with E-state index in [0.717, 1.165) is 19.4 Å². The summed E-state index contributed by atoms with van der Waals surface area (Å²) >= 11 is 0. The number of carbonyl (C=O) groups excluding carboxylic acids is 1. The van der Waals surface area contributed by atoms with E-state index in [2.05, 4.69) is 37.8 Å². The van der Waals surface area contributed by atoms with Gasteiger partial charge in [-0.25, -0.2) is 0 Å². The Hall–Kier alpha value is -2.12. The van der Waals surface area contributed by atoms with Crippen LogP contribution in [0.2, 0.25) is 0 Å². The van der Waals surface area contributed by atoms with Crippen LogP contribution in [0.25, 0.3) is 0 Å². The van der Waals surface area contributed by atoms with Gasteiger partial charge in [0.15, 0.2) is 0 Å². The SMILES string of the molecule is CCCNc1nc(NCC2CCC(=O)N2)nc(N(C)C)n1. The monoisotopic (exact) mass is 293 g/mol. The number of aromatic nitrogens is 3. The fraction of sp³-hybridized carbons (Fsp3) is 0.692. The van der Waals surface area contributed by atoms with Crippen molar-refractivity contribution in [1.82, 2.24) is 20.3 Å². The van der Waals surface area contributed by atoms with Crippen molar-refractivity contribution in [3.8, 4) is 0 Å². The molecule has 0 spiro atoms. The number of rotatable bonds is 7. The summed E-state index contributed by atoms with van der Waals surface area (Å²) in [5.74, 6) is 1.79. The van der Waals surface area contributed by atoms with Crippen LogP contribution in [0.3, 0.4) is 0 Å². The van der Waals surface area contributed by atoms with Crippen molar-refractivity contribution in [2.45, 2.75) is 32.2 Å². The van der Waals surface area contributed by atoms with E-state index in [0.29, 0.717) is 30.8 Å². The second-order valence-corrected chi connectivity index (χ2v) is 5.29. The zero-order valence-corrected chi connectivity index (χ0v) is 12.8. The third-order valence-corrected chi connectivity index (χ3v) is 3.15. The van der Waals surface area contributed by atoms with E-state index >= 15 is 0 Å². The molecule has 0 bridgehead atoms. The van der Waals surface area contributed by atoms with Crippen molar-refractivity contribution in [2.24, 2.45) is 0 Å². The Bertz CT molecular complexity index is 491. The molecule has 3 N–H and O–H groups in total. The van der Waals surface area contributed by atoms with Gasteiger partial charge < -0.3 is 20.9 Å². The van der Waals surface area contributed by atoms with Crippen molar-refractivity contribution in [3.05, 3.63) is 0 Å². The summed E-state index contributed by atoms with van der Waals surface area (Å²) in [6.07, 6.45) is 2.44. The summed E-state index contributed by atoms with van der Waals surface area (Å²) in [7, 11) is 3.78. The summed E-state index contributed by atoms with van der Waals surface area (Å²) in [6.45, 7) is 3.52. The van der Waals surface area contributed by atoms with Crippen molar-refractivity contribution in [1.29, 1.82) is 0 Å². The molecule has 1 aromatic heterocycles. The van der Waals surface area contributed by atoms with E-state index < -0.39 is 0 Å². The fourth-order valence-electron chi connectivity index (χ4n) is 2.00. The molecule has 2 heterocycles. The summed E-state index contributed by atoms with van der Waals surface area (Å²) in [5, 5.41) is 9.25. The number of carbonyl (C=O) groups is 1. The molecule has 1 aliphatic heterocycles. The minimum absolute atomic E-state index is 0.108. The highest BCUT2D eigenvalue weighted by atomic mass is 16.1. The fourth-order valence-corrected chi connectivity index (χ4v) is 2.00. The Morgan fingerprint density at radius 2 is 1.95 bits per heavy atom. The van der Waals surface area contributed by atoms with Gasteiger partial charge in [-0.15, -0.1) is 0 Å². The zero-order valence-electron chi connectivity index (χ0n) is 12.8. The lowest BCUT2D eigenvalue weighted by atomic mass is 10.2. The van der Waals surface area contributed by atoms with Gasteiger partial charge in [-0.2, -0.15) is 15.0 Å². The number of nitrogens with one attached hydrogen (secondary N) is 3. The molecule has 1 saturated heterocycles. The molecule has 1 unspecified atom stereocenters. The molecule has 2 rings (SSSR count). The van der Waals surface area contributed by atoms with Gasteiger partial charge in [0, 0.05) is 39.6 Å². The third-order valence-electron chi connectivity index (χ3n) is 3.15. The van der Waals surface area contributed by atoms with E-state index in [4.69, 9.17) is 0 Å². The van der Waals surface area contributed by atoms with Gasteiger partial charge in [0.2, 0.25) is 23.8 Å².